The van der Waals surface area contributed by atoms with Gasteiger partial charge in [0.1, 0.15) is 28.4 Å². The Hall–Kier alpha value is -3.30. The highest BCUT2D eigenvalue weighted by molar-refractivity contribution is 6.05. The predicted molar refractivity (Wildman–Crippen MR) is 139 cm³/mol. The van der Waals surface area contributed by atoms with E-state index in [1.165, 1.54) is 17.0 Å². The first kappa shape index (κ1) is 29.9. The molecule has 10 nitrogen and oxygen atoms in total. The van der Waals surface area contributed by atoms with Crippen LogP contribution < -0.4 is 4.74 Å². The van der Waals surface area contributed by atoms with Gasteiger partial charge in [0.15, 0.2) is 0 Å². The molecule has 37 heavy (non-hydrogen) atoms. The van der Waals surface area contributed by atoms with Crippen molar-refractivity contribution in [2.75, 3.05) is 13.1 Å². The molecule has 1 fully saturated rings. The molecular weight excluding hydrogens is 478 g/mol. The van der Waals surface area contributed by atoms with Gasteiger partial charge in [-0.05, 0) is 99.4 Å². The summed E-state index contributed by atoms with van der Waals surface area (Å²) in [7, 11) is 0. The van der Waals surface area contributed by atoms with E-state index >= 15 is 0 Å². The minimum Gasteiger partial charge on any atom is -0.444 e. The molecule has 0 unspecified atom stereocenters. The number of carbonyl (C=O) groups is 3. The maximum absolute atomic E-state index is 13.2. The number of piperidine rings is 1. The molecular formula is C27H41N3O7. The van der Waals surface area contributed by atoms with Crippen LogP contribution in [0.15, 0.2) is 24.3 Å². The number of amidine groups is 1. The van der Waals surface area contributed by atoms with Gasteiger partial charge in [-0.15, -0.1) is 0 Å². The highest BCUT2D eigenvalue weighted by Gasteiger charge is 2.36. The number of benzene rings is 1. The van der Waals surface area contributed by atoms with Gasteiger partial charge in [0.05, 0.1) is 0 Å². The van der Waals surface area contributed by atoms with Crippen LogP contribution >= 0.6 is 0 Å². The van der Waals surface area contributed by atoms with E-state index in [1.807, 2.05) is 20.8 Å². The Labute approximate surface area is 219 Å². The third-order valence-electron chi connectivity index (χ3n) is 5.03. The molecule has 1 aliphatic heterocycles. The van der Waals surface area contributed by atoms with Gasteiger partial charge in [-0.3, -0.25) is 10.3 Å². The second kappa shape index (κ2) is 11.4. The van der Waals surface area contributed by atoms with Gasteiger partial charge in [-0.25, -0.2) is 14.4 Å². The van der Waals surface area contributed by atoms with Gasteiger partial charge >= 0.3 is 18.3 Å². The largest absolute Gasteiger partial charge is 0.514 e. The van der Waals surface area contributed by atoms with Crippen molar-refractivity contribution in [2.45, 2.75) is 98.0 Å². The molecule has 0 aromatic heterocycles. The molecule has 1 aromatic rings. The Balaban J connectivity index is 2.17. The number of hydrogen-bond acceptors (Lipinski definition) is 8. The molecule has 0 spiro atoms. The average Bonchev–Trinajstić information content (AvgIpc) is 2.71. The van der Waals surface area contributed by atoms with E-state index in [4.69, 9.17) is 24.4 Å². The summed E-state index contributed by atoms with van der Waals surface area (Å²) in [5.74, 6) is 0.203. The quantitative estimate of drug-likeness (QED) is 0.172. The summed E-state index contributed by atoms with van der Waals surface area (Å²) >= 11 is 0. The molecule has 1 aliphatic rings. The van der Waals surface area contributed by atoms with Crippen LogP contribution in [0.1, 0.15) is 80.7 Å². The molecule has 0 aliphatic carbocycles. The zero-order valence-corrected chi connectivity index (χ0v) is 23.5. The van der Waals surface area contributed by atoms with Gasteiger partial charge in [0.25, 0.3) is 0 Å². The number of nitrogens with one attached hydrogen (secondary N) is 1. The number of carbonyl (C=O) groups excluding carboxylic acids is 3. The zero-order valence-electron chi connectivity index (χ0n) is 23.5. The molecule has 2 amide bonds. The Morgan fingerprint density at radius 3 is 1.76 bits per heavy atom. The number of ether oxygens (including phenoxy) is 4. The first-order chi connectivity index (χ1) is 16.8. The third kappa shape index (κ3) is 9.93. The minimum atomic E-state index is -0.831. The normalized spacial score (nSPS) is 15.0. The van der Waals surface area contributed by atoms with Crippen LogP contribution in [0.3, 0.4) is 0 Å². The lowest BCUT2D eigenvalue weighted by atomic mass is 10.0. The molecule has 0 radical (unpaired) electrons. The maximum atomic E-state index is 13.2. The maximum Gasteiger partial charge on any atom is 0.514 e. The van der Waals surface area contributed by atoms with Crippen LogP contribution in [-0.4, -0.2) is 69.9 Å². The van der Waals surface area contributed by atoms with Crippen molar-refractivity contribution in [3.63, 3.8) is 0 Å². The van der Waals surface area contributed by atoms with E-state index in [9.17, 15) is 14.4 Å². The van der Waals surface area contributed by atoms with Crippen molar-refractivity contribution in [3.8, 4) is 5.75 Å². The van der Waals surface area contributed by atoms with Crippen molar-refractivity contribution < 1.29 is 33.3 Å². The molecule has 206 valence electrons. The number of nitrogens with zero attached hydrogens (tertiary/aromatic N) is 2. The average molecular weight is 520 g/mol. The van der Waals surface area contributed by atoms with E-state index in [1.54, 1.807) is 58.6 Å². The highest BCUT2D eigenvalue weighted by atomic mass is 16.7. The first-order valence-corrected chi connectivity index (χ1v) is 12.4. The molecule has 10 heteroatoms. The van der Waals surface area contributed by atoms with E-state index in [0.29, 0.717) is 31.5 Å². The summed E-state index contributed by atoms with van der Waals surface area (Å²) in [6.07, 6.45) is -0.948. The van der Waals surface area contributed by atoms with Crippen molar-refractivity contribution >= 4 is 24.2 Å². The van der Waals surface area contributed by atoms with Crippen LogP contribution in [-0.2, 0) is 14.2 Å². The molecule has 2 rings (SSSR count). The Morgan fingerprint density at radius 1 is 0.811 bits per heavy atom. The lowest BCUT2D eigenvalue weighted by Crippen LogP contribution is -2.52. The molecule has 0 saturated carbocycles. The number of amides is 2. The fraction of sp³-hybridized carbons (Fsp3) is 0.630. The standard InChI is InChI=1S/C27H41N3O7/c1-25(2,3)35-22(31)29-16-14-19(15-17-29)30(23(32)36-26(4,5)6)21(28)18-10-12-20(13-11-18)34-24(33)37-27(7,8)9/h10-13,19,28H,14-17H2,1-9H3. The van der Waals surface area contributed by atoms with Gasteiger partial charge in [0, 0.05) is 24.7 Å². The monoisotopic (exact) mass is 519 g/mol. The molecule has 1 heterocycles. The summed E-state index contributed by atoms with van der Waals surface area (Å²) in [6, 6.07) is 5.90. The second-order valence-electron chi connectivity index (χ2n) is 12.0. The van der Waals surface area contributed by atoms with E-state index in [2.05, 4.69) is 0 Å². The summed E-state index contributed by atoms with van der Waals surface area (Å²) in [5.41, 5.74) is -1.60. The molecule has 1 N–H and O–H groups in total. The Bertz CT molecular complexity index is 977. The number of rotatable bonds is 3. The Kier molecular flexibility index (Phi) is 9.22. The summed E-state index contributed by atoms with van der Waals surface area (Å²) in [6.45, 7) is 16.7. The topological polar surface area (TPSA) is 118 Å². The summed E-state index contributed by atoms with van der Waals surface area (Å²) in [5, 5.41) is 8.83. The van der Waals surface area contributed by atoms with Gasteiger partial charge in [-0.2, -0.15) is 0 Å². The van der Waals surface area contributed by atoms with Crippen molar-refractivity contribution in [1.82, 2.24) is 9.80 Å². The smallest absolute Gasteiger partial charge is 0.444 e. The second-order valence-corrected chi connectivity index (χ2v) is 12.0. The molecule has 1 saturated heterocycles. The summed E-state index contributed by atoms with van der Waals surface area (Å²) < 4.78 is 21.4. The van der Waals surface area contributed by atoms with E-state index in [0.717, 1.165) is 0 Å². The number of likely N-dealkylation sites (tertiary alicyclic amines) is 1. The number of hydrogen-bond donors (Lipinski definition) is 1. The van der Waals surface area contributed by atoms with Crippen LogP contribution in [0.25, 0.3) is 0 Å². The predicted octanol–water partition coefficient (Wildman–Crippen LogP) is 5.96. The minimum absolute atomic E-state index is 0.0474. The van der Waals surface area contributed by atoms with Crippen LogP contribution in [0, 0.1) is 5.41 Å². The fourth-order valence-corrected chi connectivity index (χ4v) is 3.55. The molecule has 1 aromatic carbocycles. The van der Waals surface area contributed by atoms with E-state index < -0.39 is 35.1 Å². The molecule has 0 bridgehead atoms. The fourth-order valence-electron chi connectivity index (χ4n) is 3.55. The van der Waals surface area contributed by atoms with Crippen molar-refractivity contribution in [2.24, 2.45) is 0 Å². The van der Waals surface area contributed by atoms with Crippen LogP contribution in [0.5, 0.6) is 5.75 Å². The highest BCUT2D eigenvalue weighted by Crippen LogP contribution is 2.24. The third-order valence-corrected chi connectivity index (χ3v) is 5.03. The van der Waals surface area contributed by atoms with Crippen molar-refractivity contribution in [3.05, 3.63) is 29.8 Å². The van der Waals surface area contributed by atoms with Crippen LogP contribution in [0.2, 0.25) is 0 Å². The summed E-state index contributed by atoms with van der Waals surface area (Å²) in [4.78, 5) is 40.5. The lowest BCUT2D eigenvalue weighted by Gasteiger charge is -2.39. The van der Waals surface area contributed by atoms with Gasteiger partial charge in [0.2, 0.25) is 0 Å². The van der Waals surface area contributed by atoms with E-state index in [-0.39, 0.29) is 17.6 Å². The first-order valence-electron chi connectivity index (χ1n) is 12.4. The van der Waals surface area contributed by atoms with Gasteiger partial charge < -0.3 is 23.8 Å². The van der Waals surface area contributed by atoms with Crippen molar-refractivity contribution in [1.29, 1.82) is 5.41 Å². The molecule has 0 atom stereocenters. The SMILES string of the molecule is CC(C)(C)OC(=O)Oc1ccc(C(=N)N(C(=O)OC(C)(C)C)C2CCN(C(=O)OC(C)(C)C)CC2)cc1. The zero-order chi connectivity index (χ0) is 28.2. The van der Waals surface area contributed by atoms with Crippen LogP contribution in [0.4, 0.5) is 14.4 Å². The van der Waals surface area contributed by atoms with Gasteiger partial charge in [-0.1, -0.05) is 0 Å². The lowest BCUT2D eigenvalue weighted by molar-refractivity contribution is 0.0113. The Morgan fingerprint density at radius 2 is 1.30 bits per heavy atom.